The zero-order valence-electron chi connectivity index (χ0n) is 16.7. The SMILES string of the molecule is O=C(Nc1ccn(Cc2ccccc2)n1)c1ccn(COc2cccc(C(F)(F)F)c2)n1. The summed E-state index contributed by atoms with van der Waals surface area (Å²) in [6, 6.07) is 17.5. The van der Waals surface area contributed by atoms with Gasteiger partial charge in [0, 0.05) is 18.5 Å². The molecule has 0 atom stereocenters. The average Bonchev–Trinajstić information content (AvgIpc) is 3.42. The van der Waals surface area contributed by atoms with Crippen molar-refractivity contribution in [1.82, 2.24) is 19.6 Å². The van der Waals surface area contributed by atoms with Gasteiger partial charge in [-0.2, -0.15) is 23.4 Å². The second kappa shape index (κ2) is 8.96. The molecule has 7 nitrogen and oxygen atoms in total. The van der Waals surface area contributed by atoms with Crippen LogP contribution in [0.15, 0.2) is 79.1 Å². The fourth-order valence-electron chi connectivity index (χ4n) is 2.92. The van der Waals surface area contributed by atoms with Gasteiger partial charge in [-0.05, 0) is 29.8 Å². The first kappa shape index (κ1) is 21.2. The molecule has 0 unspecified atom stereocenters. The van der Waals surface area contributed by atoms with Crippen molar-refractivity contribution in [2.45, 2.75) is 19.5 Å². The third-order valence-corrected chi connectivity index (χ3v) is 4.47. The summed E-state index contributed by atoms with van der Waals surface area (Å²) in [4.78, 5) is 12.4. The number of ether oxygens (including phenoxy) is 1. The summed E-state index contributed by atoms with van der Waals surface area (Å²) in [6.07, 6.45) is -1.20. The number of amides is 1. The van der Waals surface area contributed by atoms with Crippen LogP contribution in [0.5, 0.6) is 5.75 Å². The summed E-state index contributed by atoms with van der Waals surface area (Å²) >= 11 is 0. The molecule has 0 spiro atoms. The maximum Gasteiger partial charge on any atom is 0.416 e. The summed E-state index contributed by atoms with van der Waals surface area (Å²) in [5, 5.41) is 11.1. The Bertz CT molecular complexity index is 1200. The Morgan fingerprint density at radius 1 is 0.938 bits per heavy atom. The van der Waals surface area contributed by atoms with Crippen molar-refractivity contribution in [1.29, 1.82) is 0 Å². The van der Waals surface area contributed by atoms with E-state index in [0.717, 1.165) is 17.7 Å². The van der Waals surface area contributed by atoms with Gasteiger partial charge in [0.15, 0.2) is 18.2 Å². The molecule has 0 aliphatic heterocycles. The molecule has 0 saturated carbocycles. The molecule has 2 aromatic carbocycles. The van der Waals surface area contributed by atoms with Crippen molar-refractivity contribution < 1.29 is 22.7 Å². The third kappa shape index (κ3) is 5.34. The fraction of sp³-hybridized carbons (Fsp3) is 0.136. The molecule has 0 radical (unpaired) electrons. The number of benzene rings is 2. The maximum absolute atomic E-state index is 12.8. The summed E-state index contributed by atoms with van der Waals surface area (Å²) in [6.45, 7) is 0.415. The smallest absolute Gasteiger partial charge is 0.416 e. The highest BCUT2D eigenvalue weighted by Gasteiger charge is 2.30. The third-order valence-electron chi connectivity index (χ3n) is 4.47. The Morgan fingerprint density at radius 3 is 2.50 bits per heavy atom. The van der Waals surface area contributed by atoms with Crippen molar-refractivity contribution in [3.63, 3.8) is 0 Å². The number of hydrogen-bond donors (Lipinski definition) is 1. The predicted molar refractivity (Wildman–Crippen MR) is 110 cm³/mol. The van der Waals surface area contributed by atoms with E-state index in [1.54, 1.807) is 16.9 Å². The molecule has 4 aromatic rings. The van der Waals surface area contributed by atoms with Crippen LogP contribution >= 0.6 is 0 Å². The Hall–Kier alpha value is -4.08. The predicted octanol–water partition coefficient (Wildman–Crippen LogP) is 4.44. The van der Waals surface area contributed by atoms with Crippen LogP contribution in [0.2, 0.25) is 0 Å². The first-order valence-electron chi connectivity index (χ1n) is 9.59. The molecule has 0 saturated heterocycles. The monoisotopic (exact) mass is 441 g/mol. The van der Waals surface area contributed by atoms with Crippen LogP contribution in [-0.4, -0.2) is 25.5 Å². The highest BCUT2D eigenvalue weighted by Crippen LogP contribution is 2.31. The Morgan fingerprint density at radius 2 is 1.72 bits per heavy atom. The van der Waals surface area contributed by atoms with Gasteiger partial charge in [-0.15, -0.1) is 0 Å². The summed E-state index contributed by atoms with van der Waals surface area (Å²) in [5.74, 6) is -0.0428. The molecule has 0 fully saturated rings. The highest BCUT2D eigenvalue weighted by molar-refractivity contribution is 6.02. The van der Waals surface area contributed by atoms with Crippen LogP contribution in [0, 0.1) is 0 Å². The lowest BCUT2D eigenvalue weighted by Crippen LogP contribution is -2.15. The first-order chi connectivity index (χ1) is 15.4. The van der Waals surface area contributed by atoms with Crippen LogP contribution in [0.25, 0.3) is 0 Å². The van der Waals surface area contributed by atoms with E-state index in [0.29, 0.717) is 12.4 Å². The number of carbonyl (C=O) groups is 1. The first-order valence-corrected chi connectivity index (χ1v) is 9.59. The van der Waals surface area contributed by atoms with Crippen molar-refractivity contribution in [3.8, 4) is 5.75 Å². The van der Waals surface area contributed by atoms with Crippen LogP contribution in [-0.2, 0) is 19.5 Å². The van der Waals surface area contributed by atoms with Gasteiger partial charge >= 0.3 is 6.18 Å². The lowest BCUT2D eigenvalue weighted by atomic mass is 10.2. The second-order valence-corrected chi connectivity index (χ2v) is 6.88. The number of hydrogen-bond acceptors (Lipinski definition) is 4. The van der Waals surface area contributed by atoms with E-state index in [2.05, 4.69) is 15.5 Å². The minimum absolute atomic E-state index is 0.0466. The average molecular weight is 441 g/mol. The fourth-order valence-corrected chi connectivity index (χ4v) is 2.92. The summed E-state index contributed by atoms with van der Waals surface area (Å²) in [7, 11) is 0. The van der Waals surface area contributed by atoms with Gasteiger partial charge in [0.1, 0.15) is 5.75 Å². The molecule has 10 heteroatoms. The standard InChI is InChI=1S/C22H18F3N5O2/c23-22(24,25)17-7-4-8-18(13-17)32-15-30-11-9-19(27-30)21(31)26-20-10-12-29(28-20)14-16-5-2-1-3-6-16/h1-13H,14-15H2,(H,26,28,31). The molecule has 0 aliphatic rings. The zero-order chi connectivity index (χ0) is 22.6. The Labute approximate surface area is 181 Å². The molecule has 1 amide bonds. The van der Waals surface area contributed by atoms with E-state index in [-0.39, 0.29) is 18.2 Å². The minimum atomic E-state index is -4.45. The normalized spacial score (nSPS) is 11.3. The van der Waals surface area contributed by atoms with Crippen LogP contribution in [0.3, 0.4) is 0 Å². The topological polar surface area (TPSA) is 74.0 Å². The number of aromatic nitrogens is 4. The molecular formula is C22H18F3N5O2. The number of nitrogens with one attached hydrogen (secondary N) is 1. The van der Waals surface area contributed by atoms with E-state index in [4.69, 9.17) is 4.74 Å². The van der Waals surface area contributed by atoms with Crippen LogP contribution in [0.4, 0.5) is 19.0 Å². The molecule has 164 valence electrons. The highest BCUT2D eigenvalue weighted by atomic mass is 19.4. The number of nitrogens with zero attached hydrogens (tertiary/aromatic N) is 4. The Kier molecular flexibility index (Phi) is 5.93. The van der Waals surface area contributed by atoms with Gasteiger partial charge in [-0.3, -0.25) is 9.48 Å². The van der Waals surface area contributed by atoms with E-state index in [1.165, 1.54) is 29.1 Å². The van der Waals surface area contributed by atoms with Gasteiger partial charge in [-0.1, -0.05) is 36.4 Å². The molecule has 32 heavy (non-hydrogen) atoms. The lowest BCUT2D eigenvalue weighted by Gasteiger charge is -2.10. The van der Waals surface area contributed by atoms with Gasteiger partial charge < -0.3 is 10.1 Å². The number of anilines is 1. The van der Waals surface area contributed by atoms with E-state index in [1.807, 2.05) is 30.3 Å². The zero-order valence-corrected chi connectivity index (χ0v) is 16.7. The number of rotatable bonds is 7. The quantitative estimate of drug-likeness (QED) is 0.460. The maximum atomic E-state index is 12.8. The minimum Gasteiger partial charge on any atom is -0.471 e. The molecular weight excluding hydrogens is 423 g/mol. The van der Waals surface area contributed by atoms with Gasteiger partial charge in [0.2, 0.25) is 0 Å². The van der Waals surface area contributed by atoms with Gasteiger partial charge in [0.05, 0.1) is 12.1 Å². The van der Waals surface area contributed by atoms with E-state index in [9.17, 15) is 18.0 Å². The molecule has 4 rings (SSSR count). The lowest BCUT2D eigenvalue weighted by molar-refractivity contribution is -0.137. The number of alkyl halides is 3. The summed E-state index contributed by atoms with van der Waals surface area (Å²) in [5.41, 5.74) is 0.394. The van der Waals surface area contributed by atoms with E-state index < -0.39 is 17.6 Å². The molecule has 2 aromatic heterocycles. The van der Waals surface area contributed by atoms with Crippen molar-refractivity contribution in [2.24, 2.45) is 0 Å². The number of carbonyl (C=O) groups excluding carboxylic acids is 1. The molecule has 0 aliphatic carbocycles. The van der Waals surface area contributed by atoms with Gasteiger partial charge in [-0.25, -0.2) is 4.68 Å². The van der Waals surface area contributed by atoms with Crippen molar-refractivity contribution in [3.05, 3.63) is 95.9 Å². The summed E-state index contributed by atoms with van der Waals surface area (Å²) < 4.78 is 46.7. The number of halogens is 3. The van der Waals surface area contributed by atoms with Crippen LogP contribution < -0.4 is 10.1 Å². The van der Waals surface area contributed by atoms with Gasteiger partial charge in [0.25, 0.3) is 5.91 Å². The largest absolute Gasteiger partial charge is 0.471 e. The molecule has 1 N–H and O–H groups in total. The van der Waals surface area contributed by atoms with Crippen LogP contribution in [0.1, 0.15) is 21.6 Å². The Balaban J connectivity index is 1.33. The molecule has 0 bridgehead atoms. The second-order valence-electron chi connectivity index (χ2n) is 6.88. The van der Waals surface area contributed by atoms with E-state index >= 15 is 0 Å². The molecule has 2 heterocycles. The van der Waals surface area contributed by atoms with Crippen molar-refractivity contribution >= 4 is 11.7 Å². The van der Waals surface area contributed by atoms with Crippen molar-refractivity contribution in [2.75, 3.05) is 5.32 Å².